The number of amidine groups is 1. The quantitative estimate of drug-likeness (QED) is 0.277. The number of hydrogen-bond acceptors (Lipinski definition) is 5. The van der Waals surface area contributed by atoms with Gasteiger partial charge in [-0.15, -0.1) is 24.8 Å². The summed E-state index contributed by atoms with van der Waals surface area (Å²) in [6.45, 7) is 1.13. The van der Waals surface area contributed by atoms with Crippen LogP contribution in [-0.2, 0) is 9.59 Å². The average molecular weight is 517 g/mol. The lowest BCUT2D eigenvalue weighted by Gasteiger charge is -2.39. The highest BCUT2D eigenvalue weighted by molar-refractivity contribution is 5.95. The first kappa shape index (κ1) is 30.0. The van der Waals surface area contributed by atoms with Crippen molar-refractivity contribution in [1.29, 1.82) is 5.41 Å². The Hall–Kier alpha value is -2.03. The van der Waals surface area contributed by atoms with E-state index in [1.807, 2.05) is 4.90 Å². The molecule has 2 aliphatic rings. The van der Waals surface area contributed by atoms with E-state index in [4.69, 9.17) is 15.9 Å². The summed E-state index contributed by atoms with van der Waals surface area (Å²) >= 11 is 0. The largest absolute Gasteiger partial charge is 0.494 e. The Kier molecular flexibility index (Phi) is 13.3. The lowest BCUT2D eigenvalue weighted by atomic mass is 9.93. The number of likely N-dealkylation sites (tertiary alicyclic amines) is 1. The van der Waals surface area contributed by atoms with Crippen LogP contribution in [-0.4, -0.2) is 59.0 Å². The molecule has 1 saturated carbocycles. The Bertz CT molecular complexity index is 788. The van der Waals surface area contributed by atoms with Crippen molar-refractivity contribution in [3.05, 3.63) is 29.8 Å². The molecule has 2 fully saturated rings. The van der Waals surface area contributed by atoms with Crippen molar-refractivity contribution in [3.63, 3.8) is 0 Å². The molecule has 0 spiro atoms. The maximum atomic E-state index is 13.4. The van der Waals surface area contributed by atoms with Gasteiger partial charge in [-0.2, -0.15) is 0 Å². The predicted molar refractivity (Wildman–Crippen MR) is 137 cm³/mol. The van der Waals surface area contributed by atoms with Crippen molar-refractivity contribution >= 4 is 42.5 Å². The van der Waals surface area contributed by atoms with Crippen LogP contribution in [0.3, 0.4) is 0 Å². The lowest BCUT2D eigenvalue weighted by molar-refractivity contribution is -0.144. The number of ether oxygens (including phenoxy) is 1. The van der Waals surface area contributed by atoms with E-state index in [1.165, 1.54) is 6.42 Å². The fourth-order valence-corrected chi connectivity index (χ4v) is 4.78. The number of nitrogens with zero attached hydrogens (tertiary/aromatic N) is 1. The van der Waals surface area contributed by atoms with E-state index in [-0.39, 0.29) is 55.1 Å². The van der Waals surface area contributed by atoms with E-state index < -0.39 is 12.0 Å². The van der Waals surface area contributed by atoms with Gasteiger partial charge in [-0.25, -0.2) is 0 Å². The number of nitrogen functional groups attached to an aromatic ring is 1. The molecular formula is C24H38Cl2N4O4. The molecule has 34 heavy (non-hydrogen) atoms. The summed E-state index contributed by atoms with van der Waals surface area (Å²) in [4.78, 5) is 26.7. The number of carboxylic acids is 1. The normalized spacial score (nSPS) is 19.3. The van der Waals surface area contributed by atoms with Gasteiger partial charge in [-0.1, -0.05) is 19.3 Å². The zero-order valence-electron chi connectivity index (χ0n) is 19.5. The SMILES string of the molecule is Cl.Cl.N=C(N)c1ccc(OCCC2CCCCN2C(=O)[C@H](CC(=O)O)NC2CCCCC2)cc1. The molecule has 192 valence electrons. The van der Waals surface area contributed by atoms with E-state index in [0.717, 1.165) is 44.9 Å². The topological polar surface area (TPSA) is 129 Å². The average Bonchev–Trinajstić information content (AvgIpc) is 2.79. The van der Waals surface area contributed by atoms with Gasteiger partial charge in [0.1, 0.15) is 11.6 Å². The van der Waals surface area contributed by atoms with E-state index in [9.17, 15) is 14.7 Å². The number of piperidine rings is 1. The van der Waals surface area contributed by atoms with E-state index >= 15 is 0 Å². The molecule has 1 unspecified atom stereocenters. The molecule has 10 heteroatoms. The Morgan fingerprint density at radius 1 is 1.09 bits per heavy atom. The van der Waals surface area contributed by atoms with E-state index in [0.29, 0.717) is 30.9 Å². The molecule has 0 bridgehead atoms. The molecule has 2 atom stereocenters. The van der Waals surface area contributed by atoms with Crippen LogP contribution in [0, 0.1) is 5.41 Å². The summed E-state index contributed by atoms with van der Waals surface area (Å²) in [7, 11) is 0. The highest BCUT2D eigenvalue weighted by Crippen LogP contribution is 2.24. The van der Waals surface area contributed by atoms with Crippen LogP contribution in [0.4, 0.5) is 0 Å². The second-order valence-electron chi connectivity index (χ2n) is 8.91. The fraction of sp³-hybridized carbons (Fsp3) is 0.625. The Morgan fingerprint density at radius 2 is 1.74 bits per heavy atom. The third-order valence-corrected chi connectivity index (χ3v) is 6.51. The van der Waals surface area contributed by atoms with Crippen LogP contribution in [0.25, 0.3) is 0 Å². The number of halogens is 2. The molecule has 1 heterocycles. The molecule has 0 aromatic heterocycles. The van der Waals surface area contributed by atoms with Crippen molar-refractivity contribution in [2.24, 2.45) is 5.73 Å². The van der Waals surface area contributed by atoms with Crippen LogP contribution < -0.4 is 15.8 Å². The molecule has 1 aromatic carbocycles. The molecule has 1 amide bonds. The van der Waals surface area contributed by atoms with Crippen LogP contribution in [0.15, 0.2) is 24.3 Å². The van der Waals surface area contributed by atoms with Crippen LogP contribution in [0.1, 0.15) is 69.8 Å². The fourth-order valence-electron chi connectivity index (χ4n) is 4.78. The number of amides is 1. The first-order valence-corrected chi connectivity index (χ1v) is 11.8. The number of carboxylic acid groups (broad SMARTS) is 1. The van der Waals surface area contributed by atoms with Gasteiger partial charge in [-0.05, 0) is 56.4 Å². The number of carbonyl (C=O) groups is 2. The van der Waals surface area contributed by atoms with E-state index in [2.05, 4.69) is 5.32 Å². The molecule has 1 aliphatic carbocycles. The highest BCUT2D eigenvalue weighted by atomic mass is 35.5. The summed E-state index contributed by atoms with van der Waals surface area (Å²) < 4.78 is 5.86. The summed E-state index contributed by atoms with van der Waals surface area (Å²) in [5, 5.41) is 20.2. The van der Waals surface area contributed by atoms with Crippen LogP contribution in [0.2, 0.25) is 0 Å². The van der Waals surface area contributed by atoms with E-state index in [1.54, 1.807) is 24.3 Å². The van der Waals surface area contributed by atoms with Gasteiger partial charge in [0.15, 0.2) is 0 Å². The van der Waals surface area contributed by atoms with Gasteiger partial charge >= 0.3 is 5.97 Å². The van der Waals surface area contributed by atoms with Gasteiger partial charge in [0.2, 0.25) is 5.91 Å². The standard InChI is InChI=1S/C24H36N4O4.2ClH/c25-23(26)17-9-11-20(12-10-17)32-15-13-19-8-4-5-14-28(19)24(31)21(16-22(29)30)27-18-6-2-1-3-7-18;;/h9-12,18-19,21,27H,1-8,13-16H2,(H3,25,26)(H,29,30);2*1H/t19?,21-;;/m0../s1. The smallest absolute Gasteiger partial charge is 0.305 e. The first-order chi connectivity index (χ1) is 15.4. The minimum Gasteiger partial charge on any atom is -0.494 e. The second kappa shape index (κ2) is 15.1. The molecule has 8 nitrogen and oxygen atoms in total. The minimum absolute atomic E-state index is 0. The maximum Gasteiger partial charge on any atom is 0.305 e. The van der Waals surface area contributed by atoms with Crippen molar-refractivity contribution < 1.29 is 19.4 Å². The second-order valence-corrected chi connectivity index (χ2v) is 8.91. The molecule has 0 radical (unpaired) electrons. The van der Waals surface area contributed by atoms with Crippen molar-refractivity contribution in [2.45, 2.75) is 82.3 Å². The maximum absolute atomic E-state index is 13.4. The van der Waals surface area contributed by atoms with Crippen molar-refractivity contribution in [2.75, 3.05) is 13.2 Å². The van der Waals surface area contributed by atoms with Gasteiger partial charge < -0.3 is 25.8 Å². The summed E-state index contributed by atoms with van der Waals surface area (Å²) in [6, 6.07) is 6.69. The Labute approximate surface area is 214 Å². The van der Waals surface area contributed by atoms with Crippen LogP contribution >= 0.6 is 24.8 Å². The third-order valence-electron chi connectivity index (χ3n) is 6.51. The van der Waals surface area contributed by atoms with Crippen molar-refractivity contribution in [1.82, 2.24) is 10.2 Å². The molecule has 1 saturated heterocycles. The molecule has 5 N–H and O–H groups in total. The number of hydrogen-bond donors (Lipinski definition) is 4. The minimum atomic E-state index is -0.947. The summed E-state index contributed by atoms with van der Waals surface area (Å²) in [5.41, 5.74) is 6.13. The van der Waals surface area contributed by atoms with Gasteiger partial charge in [0.05, 0.1) is 19.1 Å². The summed E-state index contributed by atoms with van der Waals surface area (Å²) in [5.74, 6) is -0.317. The Balaban J connectivity index is 0.00000289. The zero-order chi connectivity index (χ0) is 22.9. The van der Waals surface area contributed by atoms with Crippen molar-refractivity contribution in [3.8, 4) is 5.75 Å². The first-order valence-electron chi connectivity index (χ1n) is 11.8. The number of carbonyl (C=O) groups excluding carboxylic acids is 1. The number of benzene rings is 1. The zero-order valence-corrected chi connectivity index (χ0v) is 21.2. The molecule has 1 aliphatic heterocycles. The lowest BCUT2D eigenvalue weighted by Crippen LogP contribution is -2.55. The number of aliphatic carboxylic acids is 1. The number of rotatable bonds is 10. The predicted octanol–water partition coefficient (Wildman–Crippen LogP) is 3.73. The molecular weight excluding hydrogens is 479 g/mol. The number of nitrogens with one attached hydrogen (secondary N) is 2. The van der Waals surface area contributed by atoms with Gasteiger partial charge in [0.25, 0.3) is 0 Å². The highest BCUT2D eigenvalue weighted by Gasteiger charge is 2.34. The van der Waals surface area contributed by atoms with Crippen LogP contribution in [0.5, 0.6) is 5.75 Å². The Morgan fingerprint density at radius 3 is 2.35 bits per heavy atom. The summed E-state index contributed by atoms with van der Waals surface area (Å²) in [6.07, 6.45) is 8.89. The van der Waals surface area contributed by atoms with Gasteiger partial charge in [-0.3, -0.25) is 15.0 Å². The third kappa shape index (κ3) is 8.96. The number of nitrogens with two attached hydrogens (primary N) is 1. The van der Waals surface area contributed by atoms with Gasteiger partial charge in [0, 0.05) is 30.6 Å². The molecule has 1 aromatic rings. The monoisotopic (exact) mass is 516 g/mol. The molecule has 3 rings (SSSR count).